The van der Waals surface area contributed by atoms with Crippen molar-refractivity contribution >= 4 is 34.8 Å². The molecule has 0 spiro atoms. The Kier molecular flexibility index (Phi) is 4.33. The monoisotopic (exact) mass is 304 g/mol. The summed E-state index contributed by atoms with van der Waals surface area (Å²) in [5.74, 6) is -0.662. The standard InChI is InChI=1S/C13H15Cl2FN2O/c1-13(2-4-17-5-3-13)12(19)18-11-9(14)6-8(16)7-10(11)15/h6-7,17H,2-5H2,1H3,(H,18,19). The molecule has 1 saturated heterocycles. The molecule has 1 aromatic rings. The summed E-state index contributed by atoms with van der Waals surface area (Å²) in [5, 5.41) is 6.14. The van der Waals surface area contributed by atoms with Gasteiger partial charge in [-0.15, -0.1) is 0 Å². The summed E-state index contributed by atoms with van der Waals surface area (Å²) < 4.78 is 13.1. The van der Waals surface area contributed by atoms with Crippen LogP contribution in [-0.4, -0.2) is 19.0 Å². The first-order valence-electron chi connectivity index (χ1n) is 6.09. The predicted molar refractivity (Wildman–Crippen MR) is 75.3 cm³/mol. The lowest BCUT2D eigenvalue weighted by Gasteiger charge is -2.32. The number of hydrogen-bond donors (Lipinski definition) is 2. The number of rotatable bonds is 2. The lowest BCUT2D eigenvalue weighted by molar-refractivity contribution is -0.126. The normalized spacial score (nSPS) is 18.1. The van der Waals surface area contributed by atoms with Crippen LogP contribution < -0.4 is 10.6 Å². The van der Waals surface area contributed by atoms with Crippen molar-refractivity contribution in [3.8, 4) is 0 Å². The fourth-order valence-corrected chi connectivity index (χ4v) is 2.69. The molecule has 0 radical (unpaired) electrons. The summed E-state index contributed by atoms with van der Waals surface area (Å²) in [6.07, 6.45) is 1.49. The Balaban J connectivity index is 2.19. The number of hydrogen-bond acceptors (Lipinski definition) is 2. The molecule has 0 saturated carbocycles. The average Bonchev–Trinajstić information content (AvgIpc) is 2.34. The third kappa shape index (κ3) is 3.19. The minimum atomic E-state index is -0.527. The smallest absolute Gasteiger partial charge is 0.230 e. The van der Waals surface area contributed by atoms with Crippen LogP contribution in [0.5, 0.6) is 0 Å². The van der Waals surface area contributed by atoms with Gasteiger partial charge >= 0.3 is 0 Å². The van der Waals surface area contributed by atoms with Crippen LogP contribution in [0.25, 0.3) is 0 Å². The van der Waals surface area contributed by atoms with E-state index in [0.717, 1.165) is 38.1 Å². The molecule has 1 aliphatic heterocycles. The summed E-state index contributed by atoms with van der Waals surface area (Å²) >= 11 is 11.8. The van der Waals surface area contributed by atoms with Crippen LogP contribution in [0.1, 0.15) is 19.8 Å². The fraction of sp³-hybridized carbons (Fsp3) is 0.462. The van der Waals surface area contributed by atoms with E-state index in [1.807, 2.05) is 6.92 Å². The van der Waals surface area contributed by atoms with Crippen LogP contribution in [-0.2, 0) is 4.79 Å². The van der Waals surface area contributed by atoms with Gasteiger partial charge in [0, 0.05) is 5.41 Å². The van der Waals surface area contributed by atoms with Gasteiger partial charge in [0.1, 0.15) is 5.82 Å². The highest BCUT2D eigenvalue weighted by Gasteiger charge is 2.35. The van der Waals surface area contributed by atoms with E-state index in [4.69, 9.17) is 23.2 Å². The van der Waals surface area contributed by atoms with Gasteiger partial charge in [0.05, 0.1) is 15.7 Å². The Morgan fingerprint density at radius 1 is 1.32 bits per heavy atom. The maximum atomic E-state index is 13.1. The van der Waals surface area contributed by atoms with E-state index >= 15 is 0 Å². The summed E-state index contributed by atoms with van der Waals surface area (Å²) in [6, 6.07) is 2.27. The van der Waals surface area contributed by atoms with E-state index in [2.05, 4.69) is 10.6 Å². The molecule has 19 heavy (non-hydrogen) atoms. The molecule has 0 bridgehead atoms. The van der Waals surface area contributed by atoms with Gasteiger partial charge in [-0.1, -0.05) is 30.1 Å². The highest BCUT2D eigenvalue weighted by atomic mass is 35.5. The minimum absolute atomic E-state index is 0.107. The van der Waals surface area contributed by atoms with E-state index < -0.39 is 11.2 Å². The maximum absolute atomic E-state index is 13.1. The van der Waals surface area contributed by atoms with Gasteiger partial charge < -0.3 is 10.6 Å². The first kappa shape index (κ1) is 14.6. The van der Waals surface area contributed by atoms with Crippen molar-refractivity contribution in [2.75, 3.05) is 18.4 Å². The molecule has 2 rings (SSSR count). The zero-order valence-electron chi connectivity index (χ0n) is 10.5. The Morgan fingerprint density at radius 2 is 1.84 bits per heavy atom. The van der Waals surface area contributed by atoms with Gasteiger partial charge in [0.15, 0.2) is 0 Å². The van der Waals surface area contributed by atoms with Gasteiger partial charge in [0.25, 0.3) is 0 Å². The number of anilines is 1. The molecule has 104 valence electrons. The fourth-order valence-electron chi connectivity index (χ4n) is 2.13. The van der Waals surface area contributed by atoms with E-state index in [0.29, 0.717) is 0 Å². The van der Waals surface area contributed by atoms with Crippen LogP contribution in [0.15, 0.2) is 12.1 Å². The van der Waals surface area contributed by atoms with Crippen LogP contribution in [0.2, 0.25) is 10.0 Å². The van der Waals surface area contributed by atoms with Crippen molar-refractivity contribution in [3.63, 3.8) is 0 Å². The molecule has 2 N–H and O–H groups in total. The number of benzene rings is 1. The van der Waals surface area contributed by atoms with Crippen LogP contribution in [0.4, 0.5) is 10.1 Å². The zero-order chi connectivity index (χ0) is 14.0. The Labute approximate surface area is 121 Å². The van der Waals surface area contributed by atoms with Gasteiger partial charge in [-0.3, -0.25) is 4.79 Å². The largest absolute Gasteiger partial charge is 0.323 e. The second kappa shape index (κ2) is 5.65. The molecule has 1 aliphatic rings. The predicted octanol–water partition coefficient (Wildman–Crippen LogP) is 3.46. The highest BCUT2D eigenvalue weighted by Crippen LogP contribution is 2.35. The first-order chi connectivity index (χ1) is 8.92. The number of piperidine rings is 1. The summed E-state index contributed by atoms with van der Waals surface area (Å²) in [7, 11) is 0. The Bertz CT molecular complexity index is 478. The van der Waals surface area contributed by atoms with Crippen molar-refractivity contribution in [2.45, 2.75) is 19.8 Å². The van der Waals surface area contributed by atoms with E-state index in [1.165, 1.54) is 0 Å². The molecular weight excluding hydrogens is 290 g/mol. The van der Waals surface area contributed by atoms with E-state index in [1.54, 1.807) is 0 Å². The van der Waals surface area contributed by atoms with E-state index in [-0.39, 0.29) is 21.6 Å². The Morgan fingerprint density at radius 3 is 2.37 bits per heavy atom. The van der Waals surface area contributed by atoms with E-state index in [9.17, 15) is 9.18 Å². The molecule has 1 heterocycles. The van der Waals surface area contributed by atoms with Gasteiger partial charge in [-0.2, -0.15) is 0 Å². The molecule has 1 fully saturated rings. The topological polar surface area (TPSA) is 41.1 Å². The molecule has 0 aromatic heterocycles. The molecule has 1 aromatic carbocycles. The van der Waals surface area contributed by atoms with Crippen LogP contribution in [0.3, 0.4) is 0 Å². The number of nitrogens with one attached hydrogen (secondary N) is 2. The quantitative estimate of drug-likeness (QED) is 0.878. The van der Waals surface area contributed by atoms with Gasteiger partial charge in [-0.25, -0.2) is 4.39 Å². The third-order valence-corrected chi connectivity index (χ3v) is 4.10. The minimum Gasteiger partial charge on any atom is -0.323 e. The third-order valence-electron chi connectivity index (χ3n) is 3.50. The molecule has 0 aliphatic carbocycles. The van der Waals surface area contributed by atoms with Crippen LogP contribution in [0, 0.1) is 11.2 Å². The average molecular weight is 305 g/mol. The molecule has 0 atom stereocenters. The summed E-state index contributed by atoms with van der Waals surface area (Å²) in [6.45, 7) is 3.51. The lowest BCUT2D eigenvalue weighted by Crippen LogP contribution is -2.42. The number of amides is 1. The van der Waals surface area contributed by atoms with Gasteiger partial charge in [0.2, 0.25) is 5.91 Å². The van der Waals surface area contributed by atoms with Crippen molar-refractivity contribution < 1.29 is 9.18 Å². The van der Waals surface area contributed by atoms with Crippen molar-refractivity contribution in [3.05, 3.63) is 28.0 Å². The summed E-state index contributed by atoms with van der Waals surface area (Å²) in [4.78, 5) is 12.3. The zero-order valence-corrected chi connectivity index (χ0v) is 12.0. The highest BCUT2D eigenvalue weighted by molar-refractivity contribution is 6.39. The van der Waals surface area contributed by atoms with Crippen molar-refractivity contribution in [1.29, 1.82) is 0 Å². The SMILES string of the molecule is CC1(C(=O)Nc2c(Cl)cc(F)cc2Cl)CCNCC1. The Hall–Kier alpha value is -0.840. The first-order valence-corrected chi connectivity index (χ1v) is 6.85. The van der Waals surface area contributed by atoms with Crippen molar-refractivity contribution in [2.24, 2.45) is 5.41 Å². The molecule has 1 amide bonds. The van der Waals surface area contributed by atoms with Crippen molar-refractivity contribution in [1.82, 2.24) is 5.32 Å². The number of halogens is 3. The summed E-state index contributed by atoms with van der Waals surface area (Å²) in [5.41, 5.74) is -0.179. The number of carbonyl (C=O) groups excluding carboxylic acids is 1. The van der Waals surface area contributed by atoms with Crippen LogP contribution >= 0.6 is 23.2 Å². The maximum Gasteiger partial charge on any atom is 0.230 e. The molecule has 6 heteroatoms. The van der Waals surface area contributed by atoms with Gasteiger partial charge in [-0.05, 0) is 38.1 Å². The lowest BCUT2D eigenvalue weighted by atomic mass is 9.80. The molecular formula is C13H15Cl2FN2O. The second-order valence-electron chi connectivity index (χ2n) is 5.01. The number of carbonyl (C=O) groups is 1. The molecule has 3 nitrogen and oxygen atoms in total. The molecule has 0 unspecified atom stereocenters. The second-order valence-corrected chi connectivity index (χ2v) is 5.82.